The van der Waals surface area contributed by atoms with Crippen molar-refractivity contribution in [2.45, 2.75) is 26.2 Å². The van der Waals surface area contributed by atoms with Gasteiger partial charge in [0.25, 0.3) is 0 Å². The molecule has 0 atom stereocenters. The summed E-state index contributed by atoms with van der Waals surface area (Å²) in [6.45, 7) is 2.01. The largest absolute Gasteiger partial charge is 0.465 e. The third-order valence-corrected chi connectivity index (χ3v) is 1.54. The number of carbonyl (C=O) groups is 1. The van der Waals surface area contributed by atoms with Gasteiger partial charge >= 0.3 is 5.97 Å². The van der Waals surface area contributed by atoms with Gasteiger partial charge in [-0.25, -0.2) is 0 Å². The lowest BCUT2D eigenvalue weighted by molar-refractivity contribution is -0.140. The summed E-state index contributed by atoms with van der Waals surface area (Å²) in [6, 6.07) is 0. The molecule has 1 radical (unpaired) electrons. The average molecular weight is 127 g/mol. The predicted octanol–water partition coefficient (Wildman–Crippen LogP) is 1.31. The molecule has 0 bridgehead atoms. The van der Waals surface area contributed by atoms with Crippen LogP contribution in [0.5, 0.6) is 0 Å². The molecule has 2 nitrogen and oxygen atoms in total. The van der Waals surface area contributed by atoms with Gasteiger partial charge in [-0.05, 0) is 12.8 Å². The number of hydrogen-bond donors (Lipinski definition) is 0. The van der Waals surface area contributed by atoms with Crippen molar-refractivity contribution < 1.29 is 9.53 Å². The number of rotatable bonds is 2. The van der Waals surface area contributed by atoms with E-state index < -0.39 is 0 Å². The highest BCUT2D eigenvalue weighted by molar-refractivity contribution is 5.66. The standard InChI is InChI=1S/C7H11O2/c1-6(8)9-5-7-3-2-4-7/h2-5H2,1H3. The summed E-state index contributed by atoms with van der Waals surface area (Å²) in [6.07, 6.45) is 3.59. The highest BCUT2D eigenvalue weighted by atomic mass is 16.5. The van der Waals surface area contributed by atoms with Crippen LogP contribution in [0.25, 0.3) is 0 Å². The van der Waals surface area contributed by atoms with Crippen LogP contribution in [0, 0.1) is 5.92 Å². The van der Waals surface area contributed by atoms with Gasteiger partial charge in [-0.1, -0.05) is 6.42 Å². The highest BCUT2D eigenvalue weighted by Gasteiger charge is 2.18. The predicted molar refractivity (Wildman–Crippen MR) is 33.7 cm³/mol. The normalized spacial score (nSPS) is 18.8. The summed E-state index contributed by atoms with van der Waals surface area (Å²) in [4.78, 5) is 10.3. The first kappa shape index (κ1) is 6.59. The van der Waals surface area contributed by atoms with Crippen LogP contribution in [0.4, 0.5) is 0 Å². The SMILES string of the molecule is CC(=O)OC[C]1CCC1. The molecule has 0 amide bonds. The fourth-order valence-electron chi connectivity index (χ4n) is 0.775. The molecule has 1 saturated carbocycles. The Morgan fingerprint density at radius 3 is 2.67 bits per heavy atom. The van der Waals surface area contributed by atoms with E-state index in [-0.39, 0.29) is 5.97 Å². The summed E-state index contributed by atoms with van der Waals surface area (Å²) in [5.41, 5.74) is 0. The number of hydrogen-bond acceptors (Lipinski definition) is 2. The van der Waals surface area contributed by atoms with Gasteiger partial charge in [-0.2, -0.15) is 0 Å². The minimum atomic E-state index is -0.172. The van der Waals surface area contributed by atoms with Crippen molar-refractivity contribution in [1.82, 2.24) is 0 Å². The Balaban J connectivity index is 1.97. The summed E-state index contributed by atoms with van der Waals surface area (Å²) >= 11 is 0. The van der Waals surface area contributed by atoms with E-state index in [4.69, 9.17) is 4.74 Å². The summed E-state index contributed by atoms with van der Waals surface area (Å²) < 4.78 is 4.77. The Morgan fingerprint density at radius 1 is 1.67 bits per heavy atom. The molecule has 1 aliphatic carbocycles. The molecule has 51 valence electrons. The van der Waals surface area contributed by atoms with Gasteiger partial charge in [0.1, 0.15) is 0 Å². The van der Waals surface area contributed by atoms with E-state index in [2.05, 4.69) is 0 Å². The number of ether oxygens (including phenoxy) is 1. The molecule has 1 fully saturated rings. The second-order valence-electron chi connectivity index (χ2n) is 2.38. The van der Waals surface area contributed by atoms with Crippen LogP contribution in [0.3, 0.4) is 0 Å². The molecule has 0 N–H and O–H groups in total. The molecular weight excluding hydrogens is 116 g/mol. The smallest absolute Gasteiger partial charge is 0.302 e. The van der Waals surface area contributed by atoms with E-state index in [0.717, 1.165) is 12.8 Å². The van der Waals surface area contributed by atoms with Crippen molar-refractivity contribution in [2.75, 3.05) is 6.61 Å². The van der Waals surface area contributed by atoms with Crippen molar-refractivity contribution in [3.8, 4) is 0 Å². The third kappa shape index (κ3) is 2.04. The summed E-state index contributed by atoms with van der Waals surface area (Å²) in [5.74, 6) is 1.21. The number of esters is 1. The lowest BCUT2D eigenvalue weighted by atomic mass is 9.86. The molecule has 0 heterocycles. The molecule has 0 unspecified atom stereocenters. The van der Waals surface area contributed by atoms with Crippen molar-refractivity contribution in [2.24, 2.45) is 0 Å². The Morgan fingerprint density at radius 2 is 2.33 bits per heavy atom. The van der Waals surface area contributed by atoms with Gasteiger partial charge in [-0.15, -0.1) is 0 Å². The minimum Gasteiger partial charge on any atom is -0.465 e. The van der Waals surface area contributed by atoms with Crippen LogP contribution in [0.1, 0.15) is 26.2 Å². The first-order valence-corrected chi connectivity index (χ1v) is 3.26. The maximum Gasteiger partial charge on any atom is 0.302 e. The highest BCUT2D eigenvalue weighted by Crippen LogP contribution is 2.28. The molecule has 0 aromatic rings. The molecule has 0 aromatic carbocycles. The molecule has 0 aliphatic heterocycles. The zero-order valence-electron chi connectivity index (χ0n) is 5.64. The molecule has 1 aliphatic rings. The monoisotopic (exact) mass is 127 g/mol. The van der Waals surface area contributed by atoms with Crippen LogP contribution in [-0.4, -0.2) is 12.6 Å². The fraction of sp³-hybridized carbons (Fsp3) is 0.714. The van der Waals surface area contributed by atoms with Gasteiger partial charge in [0, 0.05) is 12.8 Å². The van der Waals surface area contributed by atoms with Crippen LogP contribution in [0.2, 0.25) is 0 Å². The summed E-state index contributed by atoms with van der Waals surface area (Å²) in [5, 5.41) is 0. The summed E-state index contributed by atoms with van der Waals surface area (Å²) in [7, 11) is 0. The first-order chi connectivity index (χ1) is 4.29. The van der Waals surface area contributed by atoms with Crippen molar-refractivity contribution in [3.63, 3.8) is 0 Å². The lowest BCUT2D eigenvalue weighted by Gasteiger charge is -2.23. The van der Waals surface area contributed by atoms with E-state index in [9.17, 15) is 4.79 Å². The molecule has 2 heteroatoms. The molecular formula is C7H11O2. The van der Waals surface area contributed by atoms with E-state index >= 15 is 0 Å². The fourth-order valence-corrected chi connectivity index (χ4v) is 0.775. The quantitative estimate of drug-likeness (QED) is 0.523. The zero-order chi connectivity index (χ0) is 6.69. The van der Waals surface area contributed by atoms with E-state index in [1.54, 1.807) is 0 Å². The Hall–Kier alpha value is -0.530. The molecule has 1 rings (SSSR count). The Kier molecular flexibility index (Phi) is 2.09. The minimum absolute atomic E-state index is 0.172. The van der Waals surface area contributed by atoms with Crippen molar-refractivity contribution in [1.29, 1.82) is 0 Å². The number of carbonyl (C=O) groups excluding carboxylic acids is 1. The van der Waals surface area contributed by atoms with E-state index in [1.165, 1.54) is 19.3 Å². The lowest BCUT2D eigenvalue weighted by Crippen LogP contribution is -2.16. The Labute approximate surface area is 55.2 Å². The van der Waals surface area contributed by atoms with Crippen molar-refractivity contribution in [3.05, 3.63) is 5.92 Å². The molecule has 9 heavy (non-hydrogen) atoms. The van der Waals surface area contributed by atoms with Crippen LogP contribution >= 0.6 is 0 Å². The third-order valence-electron chi connectivity index (χ3n) is 1.54. The second-order valence-corrected chi connectivity index (χ2v) is 2.38. The molecule has 0 saturated heterocycles. The maximum absolute atomic E-state index is 10.3. The van der Waals surface area contributed by atoms with Crippen LogP contribution < -0.4 is 0 Å². The van der Waals surface area contributed by atoms with Gasteiger partial charge in [0.2, 0.25) is 0 Å². The maximum atomic E-state index is 10.3. The van der Waals surface area contributed by atoms with E-state index in [0.29, 0.717) is 6.61 Å². The first-order valence-electron chi connectivity index (χ1n) is 3.26. The van der Waals surface area contributed by atoms with Crippen molar-refractivity contribution >= 4 is 5.97 Å². The van der Waals surface area contributed by atoms with Crippen LogP contribution in [-0.2, 0) is 9.53 Å². The topological polar surface area (TPSA) is 26.3 Å². The average Bonchev–Trinajstić information content (AvgIpc) is 1.60. The second kappa shape index (κ2) is 2.85. The molecule has 0 aromatic heterocycles. The van der Waals surface area contributed by atoms with Gasteiger partial charge < -0.3 is 4.74 Å². The van der Waals surface area contributed by atoms with Crippen LogP contribution in [0.15, 0.2) is 0 Å². The molecule has 0 spiro atoms. The van der Waals surface area contributed by atoms with Gasteiger partial charge in [0.05, 0.1) is 6.61 Å². The van der Waals surface area contributed by atoms with E-state index in [1.807, 2.05) is 0 Å². The van der Waals surface area contributed by atoms with Gasteiger partial charge in [0.15, 0.2) is 0 Å². The van der Waals surface area contributed by atoms with Gasteiger partial charge in [-0.3, -0.25) is 4.79 Å². The zero-order valence-corrected chi connectivity index (χ0v) is 5.64. The Bertz CT molecular complexity index is 105.